The predicted molar refractivity (Wildman–Crippen MR) is 95.3 cm³/mol. The first kappa shape index (κ1) is 18.7. The third-order valence-electron chi connectivity index (χ3n) is 3.99. The van der Waals surface area contributed by atoms with Crippen molar-refractivity contribution >= 4 is 5.96 Å². The molecule has 6 heteroatoms. The molecular weight excluding hydrogens is 306 g/mol. The van der Waals surface area contributed by atoms with E-state index in [2.05, 4.69) is 27.8 Å². The molecule has 2 atom stereocenters. The minimum atomic E-state index is -0.00421. The summed E-state index contributed by atoms with van der Waals surface area (Å²) in [5, 5.41) is 6.60. The quantitative estimate of drug-likeness (QED) is 0.409. The smallest absolute Gasteiger partial charge is 0.191 e. The van der Waals surface area contributed by atoms with Crippen LogP contribution in [0.4, 0.5) is 0 Å². The summed E-state index contributed by atoms with van der Waals surface area (Å²) in [7, 11) is 3.49. The maximum Gasteiger partial charge on any atom is 0.191 e. The Labute approximate surface area is 144 Å². The third kappa shape index (κ3) is 6.47. The van der Waals surface area contributed by atoms with Gasteiger partial charge in [0.25, 0.3) is 0 Å². The number of nitrogens with zero attached hydrogens (tertiary/aromatic N) is 1. The Morgan fingerprint density at radius 1 is 1.33 bits per heavy atom. The van der Waals surface area contributed by atoms with E-state index in [4.69, 9.17) is 14.2 Å². The fourth-order valence-electron chi connectivity index (χ4n) is 2.59. The van der Waals surface area contributed by atoms with E-state index >= 15 is 0 Å². The van der Waals surface area contributed by atoms with E-state index in [0.717, 1.165) is 50.7 Å². The standard InChI is InChI=1S/C18H29N3O3/c1-19-18(20-10-6-11-24-16-9-12-23-14-16)21-13-17(22-2)15-7-4-3-5-8-15/h3-5,7-8,16-17H,6,9-14H2,1-2H3,(H2,19,20,21). The van der Waals surface area contributed by atoms with Crippen molar-refractivity contribution in [2.24, 2.45) is 4.99 Å². The molecule has 2 unspecified atom stereocenters. The molecule has 1 heterocycles. The van der Waals surface area contributed by atoms with Crippen molar-refractivity contribution in [1.29, 1.82) is 0 Å². The SMILES string of the molecule is CN=C(NCCCOC1CCOC1)NCC(OC)c1ccccc1. The number of hydrogen-bond donors (Lipinski definition) is 2. The van der Waals surface area contributed by atoms with Crippen LogP contribution in [0.1, 0.15) is 24.5 Å². The molecule has 24 heavy (non-hydrogen) atoms. The first-order valence-electron chi connectivity index (χ1n) is 8.55. The molecular formula is C18H29N3O3. The average molecular weight is 335 g/mol. The summed E-state index contributed by atoms with van der Waals surface area (Å²) in [4.78, 5) is 4.24. The Kier molecular flexibility index (Phi) is 8.59. The molecule has 134 valence electrons. The van der Waals surface area contributed by atoms with Gasteiger partial charge in [-0.2, -0.15) is 0 Å². The van der Waals surface area contributed by atoms with Gasteiger partial charge in [0.05, 0.1) is 18.8 Å². The van der Waals surface area contributed by atoms with Gasteiger partial charge in [0.2, 0.25) is 0 Å². The molecule has 1 aromatic carbocycles. The Morgan fingerprint density at radius 2 is 2.17 bits per heavy atom. The van der Waals surface area contributed by atoms with Crippen LogP contribution >= 0.6 is 0 Å². The van der Waals surface area contributed by atoms with Gasteiger partial charge in [-0.25, -0.2) is 0 Å². The molecule has 2 N–H and O–H groups in total. The molecule has 1 aromatic rings. The molecule has 0 radical (unpaired) electrons. The molecule has 1 fully saturated rings. The first-order chi connectivity index (χ1) is 11.8. The normalized spacial score (nSPS) is 19.2. The monoisotopic (exact) mass is 335 g/mol. The van der Waals surface area contributed by atoms with Crippen molar-refractivity contribution in [3.05, 3.63) is 35.9 Å². The summed E-state index contributed by atoms with van der Waals surface area (Å²) < 4.78 is 16.6. The van der Waals surface area contributed by atoms with Crippen LogP contribution in [0, 0.1) is 0 Å². The molecule has 0 bridgehead atoms. The van der Waals surface area contributed by atoms with Crippen LogP contribution < -0.4 is 10.6 Å². The van der Waals surface area contributed by atoms with Crippen molar-refractivity contribution in [2.45, 2.75) is 25.0 Å². The highest BCUT2D eigenvalue weighted by molar-refractivity contribution is 5.79. The van der Waals surface area contributed by atoms with E-state index in [1.54, 1.807) is 14.2 Å². The van der Waals surface area contributed by atoms with Crippen molar-refractivity contribution in [3.63, 3.8) is 0 Å². The number of guanidine groups is 1. The van der Waals surface area contributed by atoms with Gasteiger partial charge >= 0.3 is 0 Å². The summed E-state index contributed by atoms with van der Waals surface area (Å²) >= 11 is 0. The minimum absolute atomic E-state index is 0.00421. The van der Waals surface area contributed by atoms with Crippen LogP contribution in [0.5, 0.6) is 0 Å². The second-order valence-electron chi connectivity index (χ2n) is 5.72. The molecule has 2 rings (SSSR count). The van der Waals surface area contributed by atoms with Gasteiger partial charge in [-0.1, -0.05) is 30.3 Å². The molecule has 1 saturated heterocycles. The van der Waals surface area contributed by atoms with E-state index in [-0.39, 0.29) is 12.2 Å². The molecule has 0 spiro atoms. The Hall–Kier alpha value is -1.63. The molecule has 6 nitrogen and oxygen atoms in total. The van der Waals surface area contributed by atoms with Gasteiger partial charge < -0.3 is 24.8 Å². The summed E-state index contributed by atoms with van der Waals surface area (Å²) in [6, 6.07) is 10.2. The second kappa shape index (κ2) is 11.0. The molecule has 1 aliphatic heterocycles. The van der Waals surface area contributed by atoms with E-state index in [1.807, 2.05) is 18.2 Å². The van der Waals surface area contributed by atoms with Crippen molar-refractivity contribution in [3.8, 4) is 0 Å². The maximum atomic E-state index is 5.75. The van der Waals surface area contributed by atoms with E-state index < -0.39 is 0 Å². The van der Waals surface area contributed by atoms with Crippen LogP contribution in [0.3, 0.4) is 0 Å². The van der Waals surface area contributed by atoms with Crippen LogP contribution in [-0.4, -0.2) is 59.1 Å². The number of benzene rings is 1. The lowest BCUT2D eigenvalue weighted by molar-refractivity contribution is 0.0419. The topological polar surface area (TPSA) is 64.1 Å². The summed E-state index contributed by atoms with van der Waals surface area (Å²) in [5.41, 5.74) is 1.15. The Balaban J connectivity index is 1.62. The lowest BCUT2D eigenvalue weighted by Crippen LogP contribution is -2.40. The zero-order chi connectivity index (χ0) is 17.0. The van der Waals surface area contributed by atoms with Crippen LogP contribution in [0.2, 0.25) is 0 Å². The molecule has 0 saturated carbocycles. The van der Waals surface area contributed by atoms with E-state index in [1.165, 1.54) is 0 Å². The molecule has 1 aliphatic rings. The number of nitrogens with one attached hydrogen (secondary N) is 2. The number of ether oxygens (including phenoxy) is 3. The highest BCUT2D eigenvalue weighted by Gasteiger charge is 2.15. The number of methoxy groups -OCH3 is 1. The maximum absolute atomic E-state index is 5.75. The largest absolute Gasteiger partial charge is 0.379 e. The van der Waals surface area contributed by atoms with Gasteiger partial charge in [-0.3, -0.25) is 4.99 Å². The molecule has 0 aromatic heterocycles. The lowest BCUT2D eigenvalue weighted by atomic mass is 10.1. The zero-order valence-corrected chi connectivity index (χ0v) is 14.7. The van der Waals surface area contributed by atoms with E-state index in [0.29, 0.717) is 6.54 Å². The van der Waals surface area contributed by atoms with Crippen molar-refractivity contribution < 1.29 is 14.2 Å². The Morgan fingerprint density at radius 3 is 2.83 bits per heavy atom. The van der Waals surface area contributed by atoms with Crippen LogP contribution in [-0.2, 0) is 14.2 Å². The van der Waals surface area contributed by atoms with Gasteiger partial charge in [0.1, 0.15) is 0 Å². The summed E-state index contributed by atoms with van der Waals surface area (Å²) in [5.74, 6) is 0.775. The first-order valence-corrected chi connectivity index (χ1v) is 8.55. The lowest BCUT2D eigenvalue weighted by Gasteiger charge is -2.19. The number of aliphatic imine (C=N–C) groups is 1. The van der Waals surface area contributed by atoms with E-state index in [9.17, 15) is 0 Å². The van der Waals surface area contributed by atoms with Crippen LogP contribution in [0.15, 0.2) is 35.3 Å². The fraction of sp³-hybridized carbons (Fsp3) is 0.611. The van der Waals surface area contributed by atoms with Gasteiger partial charge in [0, 0.05) is 40.5 Å². The predicted octanol–water partition coefficient (Wildman–Crippen LogP) is 1.73. The highest BCUT2D eigenvalue weighted by Crippen LogP contribution is 2.14. The molecule has 0 aliphatic carbocycles. The third-order valence-corrected chi connectivity index (χ3v) is 3.99. The number of hydrogen-bond acceptors (Lipinski definition) is 4. The second-order valence-corrected chi connectivity index (χ2v) is 5.72. The summed E-state index contributed by atoms with van der Waals surface area (Å²) in [6.07, 6.45) is 2.21. The summed E-state index contributed by atoms with van der Waals surface area (Å²) in [6.45, 7) is 3.77. The van der Waals surface area contributed by atoms with Crippen molar-refractivity contribution in [2.75, 3.05) is 47.1 Å². The highest BCUT2D eigenvalue weighted by atomic mass is 16.5. The van der Waals surface area contributed by atoms with Gasteiger partial charge in [-0.15, -0.1) is 0 Å². The zero-order valence-electron chi connectivity index (χ0n) is 14.7. The van der Waals surface area contributed by atoms with Crippen LogP contribution in [0.25, 0.3) is 0 Å². The van der Waals surface area contributed by atoms with Gasteiger partial charge in [0.15, 0.2) is 5.96 Å². The average Bonchev–Trinajstić information content (AvgIpc) is 3.14. The Bertz CT molecular complexity index is 476. The van der Waals surface area contributed by atoms with Gasteiger partial charge in [-0.05, 0) is 18.4 Å². The minimum Gasteiger partial charge on any atom is -0.379 e. The molecule has 0 amide bonds. The van der Waals surface area contributed by atoms with Crippen molar-refractivity contribution in [1.82, 2.24) is 10.6 Å². The number of rotatable bonds is 9. The fourth-order valence-corrected chi connectivity index (χ4v) is 2.59.